The van der Waals surface area contributed by atoms with Gasteiger partial charge in [-0.15, -0.1) is 11.3 Å². The summed E-state index contributed by atoms with van der Waals surface area (Å²) < 4.78 is 0. The first-order valence-electron chi connectivity index (χ1n) is 8.09. The number of nitrogens with one attached hydrogen (secondary N) is 3. The van der Waals surface area contributed by atoms with Crippen LogP contribution in [0, 0.1) is 5.92 Å². The summed E-state index contributed by atoms with van der Waals surface area (Å²) >= 11 is 1.62. The topological polar surface area (TPSA) is 70.2 Å². The highest BCUT2D eigenvalue weighted by atomic mass is 32.1. The fourth-order valence-electron chi connectivity index (χ4n) is 2.36. The molecule has 0 aliphatic heterocycles. The van der Waals surface area contributed by atoms with Crippen molar-refractivity contribution in [3.8, 4) is 0 Å². The lowest BCUT2D eigenvalue weighted by Gasteiger charge is -2.15. The lowest BCUT2D eigenvalue weighted by atomic mass is 10.1. The molecule has 1 aromatic heterocycles. The van der Waals surface area contributed by atoms with Gasteiger partial charge < -0.3 is 16.0 Å². The maximum Gasteiger partial charge on any atom is 0.315 e. The Balaban J connectivity index is 1.47. The molecule has 0 bridgehead atoms. The van der Waals surface area contributed by atoms with Crippen molar-refractivity contribution in [3.63, 3.8) is 0 Å². The molecule has 1 aromatic carbocycles. The Labute approximate surface area is 145 Å². The van der Waals surface area contributed by atoms with Crippen LogP contribution in [-0.2, 0) is 11.3 Å². The van der Waals surface area contributed by atoms with Crippen LogP contribution in [0.5, 0.6) is 0 Å². The summed E-state index contributed by atoms with van der Waals surface area (Å²) in [5.74, 6) is 0.291. The third-order valence-electron chi connectivity index (χ3n) is 3.98. The molecule has 1 saturated carbocycles. The van der Waals surface area contributed by atoms with Crippen molar-refractivity contribution in [1.29, 1.82) is 0 Å². The Morgan fingerprint density at radius 1 is 1.21 bits per heavy atom. The van der Waals surface area contributed by atoms with Gasteiger partial charge in [0, 0.05) is 16.5 Å². The number of hydrogen-bond donors (Lipinski definition) is 3. The molecule has 126 valence electrons. The van der Waals surface area contributed by atoms with Crippen LogP contribution >= 0.6 is 11.3 Å². The smallest absolute Gasteiger partial charge is 0.315 e. The van der Waals surface area contributed by atoms with Gasteiger partial charge in [0.05, 0.1) is 12.6 Å². The molecule has 0 radical (unpaired) electrons. The minimum Gasteiger partial charge on any atom is -0.333 e. The first-order valence-corrected chi connectivity index (χ1v) is 8.97. The van der Waals surface area contributed by atoms with Crippen LogP contribution in [0.1, 0.15) is 36.2 Å². The summed E-state index contributed by atoms with van der Waals surface area (Å²) in [6, 6.07) is 11.2. The third-order valence-corrected chi connectivity index (χ3v) is 4.85. The molecule has 1 atom stereocenters. The minimum atomic E-state index is -0.193. The van der Waals surface area contributed by atoms with Crippen molar-refractivity contribution in [2.45, 2.75) is 32.4 Å². The molecule has 3 rings (SSSR count). The first kappa shape index (κ1) is 16.5. The fourth-order valence-corrected chi connectivity index (χ4v) is 3.00. The van der Waals surface area contributed by atoms with Crippen molar-refractivity contribution in [1.82, 2.24) is 10.6 Å². The van der Waals surface area contributed by atoms with Crippen molar-refractivity contribution >= 4 is 29.0 Å². The van der Waals surface area contributed by atoms with E-state index >= 15 is 0 Å². The summed E-state index contributed by atoms with van der Waals surface area (Å²) in [5.41, 5.74) is 1.79. The number of hydrogen-bond acceptors (Lipinski definition) is 3. The molecule has 3 N–H and O–H groups in total. The lowest BCUT2D eigenvalue weighted by molar-refractivity contribution is -0.117. The molecule has 0 unspecified atom stereocenters. The van der Waals surface area contributed by atoms with Gasteiger partial charge in [-0.05, 0) is 48.9 Å². The van der Waals surface area contributed by atoms with Gasteiger partial charge in [-0.1, -0.05) is 18.2 Å². The molecule has 1 fully saturated rings. The molecule has 2 aromatic rings. The van der Waals surface area contributed by atoms with Crippen LogP contribution in [0.25, 0.3) is 0 Å². The minimum absolute atomic E-state index is 0.0990. The van der Waals surface area contributed by atoms with E-state index in [0.29, 0.717) is 6.54 Å². The second-order valence-electron chi connectivity index (χ2n) is 6.01. The maximum absolute atomic E-state index is 11.9. The van der Waals surface area contributed by atoms with E-state index < -0.39 is 0 Å². The van der Waals surface area contributed by atoms with E-state index in [1.54, 1.807) is 11.3 Å². The molecular weight excluding hydrogens is 322 g/mol. The Morgan fingerprint density at radius 3 is 2.58 bits per heavy atom. The summed E-state index contributed by atoms with van der Waals surface area (Å²) in [6.07, 6.45) is 1.98. The van der Waals surface area contributed by atoms with Crippen LogP contribution in [0.15, 0.2) is 41.8 Å². The van der Waals surface area contributed by atoms with E-state index in [9.17, 15) is 9.59 Å². The molecule has 0 spiro atoms. The van der Waals surface area contributed by atoms with Gasteiger partial charge in [-0.3, -0.25) is 4.79 Å². The quantitative estimate of drug-likeness (QED) is 0.749. The van der Waals surface area contributed by atoms with E-state index in [0.717, 1.165) is 29.0 Å². The predicted molar refractivity (Wildman–Crippen MR) is 95.9 cm³/mol. The standard InChI is InChI=1S/C18H21N3O2S/c1-12(20-18(23)19-11-16-3-2-10-24-16)13-6-8-15(9-7-13)21-17(22)14-4-5-14/h2-3,6-10,12,14H,4-5,11H2,1H3,(H,21,22)(H2,19,20,23)/t12-/m1/s1. The predicted octanol–water partition coefficient (Wildman–Crippen LogP) is 3.66. The Kier molecular flexibility index (Phi) is 5.15. The monoisotopic (exact) mass is 343 g/mol. The zero-order valence-electron chi connectivity index (χ0n) is 13.5. The van der Waals surface area contributed by atoms with E-state index in [4.69, 9.17) is 0 Å². The fraction of sp³-hybridized carbons (Fsp3) is 0.333. The molecule has 1 heterocycles. The van der Waals surface area contributed by atoms with Gasteiger partial charge in [0.25, 0.3) is 0 Å². The SMILES string of the molecule is C[C@@H](NC(=O)NCc1cccs1)c1ccc(NC(=O)C2CC2)cc1. The van der Waals surface area contributed by atoms with Crippen LogP contribution in [0.2, 0.25) is 0 Å². The number of carbonyl (C=O) groups is 2. The van der Waals surface area contributed by atoms with Gasteiger partial charge in [-0.25, -0.2) is 4.79 Å². The third kappa shape index (κ3) is 4.58. The Hall–Kier alpha value is -2.34. The number of thiophene rings is 1. The molecular formula is C18H21N3O2S. The highest BCUT2D eigenvalue weighted by molar-refractivity contribution is 7.09. The van der Waals surface area contributed by atoms with Crippen molar-refractivity contribution in [3.05, 3.63) is 52.2 Å². The average molecular weight is 343 g/mol. The number of amides is 3. The van der Waals surface area contributed by atoms with E-state index in [1.807, 2.05) is 48.7 Å². The van der Waals surface area contributed by atoms with Gasteiger partial charge in [0.15, 0.2) is 0 Å². The molecule has 3 amide bonds. The number of carbonyl (C=O) groups excluding carboxylic acids is 2. The Morgan fingerprint density at radius 2 is 1.96 bits per heavy atom. The van der Waals surface area contributed by atoms with Crippen molar-refractivity contribution in [2.24, 2.45) is 5.92 Å². The van der Waals surface area contributed by atoms with Gasteiger partial charge >= 0.3 is 6.03 Å². The molecule has 6 heteroatoms. The van der Waals surface area contributed by atoms with E-state index in [1.165, 1.54) is 0 Å². The van der Waals surface area contributed by atoms with E-state index in [2.05, 4.69) is 16.0 Å². The second kappa shape index (κ2) is 7.49. The Bertz CT molecular complexity index is 694. The highest BCUT2D eigenvalue weighted by Crippen LogP contribution is 2.30. The second-order valence-corrected chi connectivity index (χ2v) is 7.05. The van der Waals surface area contributed by atoms with Crippen LogP contribution in [0.4, 0.5) is 10.5 Å². The van der Waals surface area contributed by atoms with Crippen molar-refractivity contribution < 1.29 is 9.59 Å². The molecule has 5 nitrogen and oxygen atoms in total. The largest absolute Gasteiger partial charge is 0.333 e. The van der Waals surface area contributed by atoms with E-state index in [-0.39, 0.29) is 23.9 Å². The normalized spacial score (nSPS) is 14.7. The summed E-state index contributed by atoms with van der Waals surface area (Å²) in [4.78, 5) is 24.8. The van der Waals surface area contributed by atoms with Crippen LogP contribution in [-0.4, -0.2) is 11.9 Å². The number of benzene rings is 1. The zero-order valence-corrected chi connectivity index (χ0v) is 14.4. The molecule has 24 heavy (non-hydrogen) atoms. The van der Waals surface area contributed by atoms with Crippen LogP contribution < -0.4 is 16.0 Å². The lowest BCUT2D eigenvalue weighted by Crippen LogP contribution is -2.36. The molecule has 1 aliphatic rings. The summed E-state index contributed by atoms with van der Waals surface area (Å²) in [6.45, 7) is 2.46. The first-order chi connectivity index (χ1) is 11.6. The number of urea groups is 1. The van der Waals surface area contributed by atoms with Gasteiger partial charge in [-0.2, -0.15) is 0 Å². The van der Waals surface area contributed by atoms with Gasteiger partial charge in [0.2, 0.25) is 5.91 Å². The number of anilines is 1. The summed E-state index contributed by atoms with van der Waals surface area (Å²) in [7, 11) is 0. The average Bonchev–Trinajstić information content (AvgIpc) is 3.30. The number of rotatable bonds is 6. The highest BCUT2D eigenvalue weighted by Gasteiger charge is 2.29. The maximum atomic E-state index is 11.9. The molecule has 1 aliphatic carbocycles. The molecule has 0 saturated heterocycles. The summed E-state index contributed by atoms with van der Waals surface area (Å²) in [5, 5.41) is 10.7. The van der Waals surface area contributed by atoms with Gasteiger partial charge in [0.1, 0.15) is 0 Å². The van der Waals surface area contributed by atoms with Crippen LogP contribution in [0.3, 0.4) is 0 Å². The van der Waals surface area contributed by atoms with Crippen molar-refractivity contribution in [2.75, 3.05) is 5.32 Å². The zero-order chi connectivity index (χ0) is 16.9.